The van der Waals surface area contributed by atoms with Gasteiger partial charge in [0.05, 0.1) is 12.3 Å². The van der Waals surface area contributed by atoms with Gasteiger partial charge < -0.3 is 4.74 Å². The third-order valence-electron chi connectivity index (χ3n) is 7.20. The highest BCUT2D eigenvalue weighted by Crippen LogP contribution is 2.47. The topological polar surface area (TPSA) is 46.6 Å². The van der Waals surface area contributed by atoms with E-state index in [2.05, 4.69) is 30.3 Å². The van der Waals surface area contributed by atoms with E-state index in [4.69, 9.17) is 4.74 Å². The molecule has 4 heteroatoms. The number of hydrogen-bond acceptors (Lipinski definition) is 3. The molecular weight excluding hydrogens is 434 g/mol. The van der Waals surface area contributed by atoms with Crippen LogP contribution in [0.5, 0.6) is 5.75 Å². The second kappa shape index (κ2) is 9.53. The Morgan fingerprint density at radius 3 is 2.31 bits per heavy atom. The number of Topliss-reactive ketones (excluding diaryl/α,β-unsaturated/α-hetero) is 1. The van der Waals surface area contributed by atoms with Crippen LogP contribution in [0.15, 0.2) is 84.1 Å². The van der Waals surface area contributed by atoms with Crippen LogP contribution >= 0.6 is 0 Å². The summed E-state index contributed by atoms with van der Waals surface area (Å²) < 4.78 is 5.61. The van der Waals surface area contributed by atoms with Crippen LogP contribution in [0.2, 0.25) is 0 Å². The lowest BCUT2D eigenvalue weighted by atomic mass is 9.72. The highest BCUT2D eigenvalue weighted by molar-refractivity contribution is 6.08. The maximum atomic E-state index is 13.8. The summed E-state index contributed by atoms with van der Waals surface area (Å²) in [6, 6.07) is 24.2. The number of allylic oxidation sites excluding steroid dienone is 2. The fourth-order valence-electron chi connectivity index (χ4n) is 5.48. The van der Waals surface area contributed by atoms with Crippen LogP contribution in [0.1, 0.15) is 60.3 Å². The standard InChI is InChI=1S/C31H31NO3/c1-4-35-25-14-12-23(13-15-25)26-19-30(34)32(27-16-20(2)10-11-21(27)3)28-17-24(18-29(33)31(26)28)22-8-6-5-7-9-22/h5-16,24,26H,4,17-19H2,1-3H3. The van der Waals surface area contributed by atoms with E-state index in [9.17, 15) is 9.59 Å². The molecule has 1 aliphatic carbocycles. The molecule has 0 saturated carbocycles. The lowest BCUT2D eigenvalue weighted by Gasteiger charge is -2.41. The van der Waals surface area contributed by atoms with Gasteiger partial charge in [0.25, 0.3) is 0 Å². The van der Waals surface area contributed by atoms with Gasteiger partial charge in [-0.15, -0.1) is 0 Å². The van der Waals surface area contributed by atoms with Gasteiger partial charge in [-0.05, 0) is 73.6 Å². The molecule has 5 rings (SSSR count). The van der Waals surface area contributed by atoms with Gasteiger partial charge in [0, 0.05) is 30.0 Å². The molecule has 2 unspecified atom stereocenters. The third kappa shape index (κ3) is 4.41. The fourth-order valence-corrected chi connectivity index (χ4v) is 5.48. The van der Waals surface area contributed by atoms with E-state index in [1.54, 1.807) is 0 Å². The monoisotopic (exact) mass is 465 g/mol. The molecule has 178 valence electrons. The Bertz CT molecular complexity index is 1290. The van der Waals surface area contributed by atoms with E-state index in [-0.39, 0.29) is 29.9 Å². The quantitative estimate of drug-likeness (QED) is 0.425. The average molecular weight is 466 g/mol. The van der Waals surface area contributed by atoms with Gasteiger partial charge in [0.2, 0.25) is 5.91 Å². The van der Waals surface area contributed by atoms with Gasteiger partial charge in [0.1, 0.15) is 5.75 Å². The number of nitrogens with zero attached hydrogens (tertiary/aromatic N) is 1. The van der Waals surface area contributed by atoms with Crippen molar-refractivity contribution in [1.82, 2.24) is 0 Å². The molecule has 2 aliphatic rings. The minimum atomic E-state index is -0.237. The van der Waals surface area contributed by atoms with Crippen molar-refractivity contribution in [2.24, 2.45) is 0 Å². The van der Waals surface area contributed by atoms with Crippen molar-refractivity contribution < 1.29 is 14.3 Å². The molecule has 35 heavy (non-hydrogen) atoms. The minimum absolute atomic E-state index is 0.0397. The number of ketones is 1. The smallest absolute Gasteiger partial charge is 0.232 e. The molecule has 1 amide bonds. The van der Waals surface area contributed by atoms with Gasteiger partial charge in [-0.25, -0.2) is 0 Å². The zero-order valence-corrected chi connectivity index (χ0v) is 20.6. The van der Waals surface area contributed by atoms with Gasteiger partial charge in [-0.3, -0.25) is 14.5 Å². The van der Waals surface area contributed by atoms with Gasteiger partial charge in [-0.2, -0.15) is 0 Å². The molecule has 1 aliphatic heterocycles. The zero-order chi connectivity index (χ0) is 24.5. The van der Waals surface area contributed by atoms with Crippen LogP contribution < -0.4 is 9.64 Å². The molecule has 0 aromatic heterocycles. The van der Waals surface area contributed by atoms with Crippen LogP contribution in [0.4, 0.5) is 5.69 Å². The Balaban J connectivity index is 1.64. The number of amides is 1. The van der Waals surface area contributed by atoms with E-state index in [1.807, 2.05) is 68.1 Å². The second-order valence-corrected chi connectivity index (χ2v) is 9.58. The lowest BCUT2D eigenvalue weighted by Crippen LogP contribution is -2.42. The molecule has 1 heterocycles. The number of carbonyl (C=O) groups is 2. The maximum absolute atomic E-state index is 13.8. The van der Waals surface area contributed by atoms with E-state index in [0.717, 1.165) is 45.0 Å². The summed E-state index contributed by atoms with van der Waals surface area (Å²) in [5.41, 5.74) is 6.79. The van der Waals surface area contributed by atoms with Crippen molar-refractivity contribution in [2.75, 3.05) is 11.5 Å². The summed E-state index contributed by atoms with van der Waals surface area (Å²) in [7, 11) is 0. The predicted molar refractivity (Wildman–Crippen MR) is 139 cm³/mol. The Kier molecular flexibility index (Phi) is 6.29. The highest BCUT2D eigenvalue weighted by Gasteiger charge is 2.42. The fraction of sp³-hybridized carbons (Fsp3) is 0.290. The first kappa shape index (κ1) is 23.1. The van der Waals surface area contributed by atoms with E-state index in [1.165, 1.54) is 0 Å². The normalized spacial score (nSPS) is 20.1. The van der Waals surface area contributed by atoms with Crippen LogP contribution in [0.3, 0.4) is 0 Å². The van der Waals surface area contributed by atoms with Crippen molar-refractivity contribution in [1.29, 1.82) is 0 Å². The molecule has 0 radical (unpaired) electrons. The summed E-state index contributed by atoms with van der Waals surface area (Å²) in [6.07, 6.45) is 1.41. The molecule has 0 saturated heterocycles. The highest BCUT2D eigenvalue weighted by atomic mass is 16.5. The van der Waals surface area contributed by atoms with E-state index >= 15 is 0 Å². The first-order valence-corrected chi connectivity index (χ1v) is 12.4. The van der Waals surface area contributed by atoms with Crippen LogP contribution in [0.25, 0.3) is 0 Å². The first-order chi connectivity index (χ1) is 17.0. The average Bonchev–Trinajstić information content (AvgIpc) is 2.86. The number of hydrogen-bond donors (Lipinski definition) is 0. The molecule has 3 aromatic carbocycles. The first-order valence-electron chi connectivity index (χ1n) is 12.4. The number of anilines is 1. The van der Waals surface area contributed by atoms with Crippen molar-refractivity contribution in [2.45, 2.75) is 51.9 Å². The molecule has 2 atom stereocenters. The number of benzene rings is 3. The molecular formula is C31H31NO3. The second-order valence-electron chi connectivity index (χ2n) is 9.58. The number of aryl methyl sites for hydroxylation is 2. The van der Waals surface area contributed by atoms with Crippen molar-refractivity contribution >= 4 is 17.4 Å². The molecule has 0 bridgehead atoms. The SMILES string of the molecule is CCOc1ccc(C2CC(=O)N(c3cc(C)ccc3C)C3=C2C(=O)CC(c2ccccc2)C3)cc1. The minimum Gasteiger partial charge on any atom is -0.494 e. The van der Waals surface area contributed by atoms with Crippen molar-refractivity contribution in [3.8, 4) is 5.75 Å². The number of ether oxygens (including phenoxy) is 1. The molecule has 3 aromatic rings. The van der Waals surface area contributed by atoms with Gasteiger partial charge in [-0.1, -0.05) is 54.6 Å². The van der Waals surface area contributed by atoms with Crippen LogP contribution in [-0.2, 0) is 9.59 Å². The third-order valence-corrected chi connectivity index (χ3v) is 7.20. The van der Waals surface area contributed by atoms with E-state index in [0.29, 0.717) is 19.4 Å². The molecule has 4 nitrogen and oxygen atoms in total. The van der Waals surface area contributed by atoms with Gasteiger partial charge in [0.15, 0.2) is 5.78 Å². The summed E-state index contributed by atoms with van der Waals surface area (Å²) in [5.74, 6) is 0.795. The predicted octanol–water partition coefficient (Wildman–Crippen LogP) is 6.62. The summed E-state index contributed by atoms with van der Waals surface area (Å²) in [4.78, 5) is 29.4. The van der Waals surface area contributed by atoms with Crippen LogP contribution in [0, 0.1) is 13.8 Å². The van der Waals surface area contributed by atoms with Crippen LogP contribution in [-0.4, -0.2) is 18.3 Å². The Morgan fingerprint density at radius 1 is 0.857 bits per heavy atom. The zero-order valence-electron chi connectivity index (χ0n) is 20.6. The maximum Gasteiger partial charge on any atom is 0.232 e. The summed E-state index contributed by atoms with van der Waals surface area (Å²) in [6.45, 7) is 6.62. The Morgan fingerprint density at radius 2 is 1.60 bits per heavy atom. The Labute approximate surface area is 207 Å². The molecule has 0 N–H and O–H groups in total. The van der Waals surface area contributed by atoms with Crippen molar-refractivity contribution in [3.63, 3.8) is 0 Å². The number of carbonyl (C=O) groups excluding carboxylic acids is 2. The summed E-state index contributed by atoms with van der Waals surface area (Å²) in [5, 5.41) is 0. The number of rotatable bonds is 5. The van der Waals surface area contributed by atoms with Gasteiger partial charge >= 0.3 is 0 Å². The summed E-state index contributed by atoms with van der Waals surface area (Å²) >= 11 is 0. The molecule has 0 spiro atoms. The lowest BCUT2D eigenvalue weighted by molar-refractivity contribution is -0.120. The van der Waals surface area contributed by atoms with Crippen molar-refractivity contribution in [3.05, 3.63) is 106 Å². The molecule has 0 fully saturated rings. The Hall–Kier alpha value is -3.66. The largest absolute Gasteiger partial charge is 0.494 e. The van der Waals surface area contributed by atoms with E-state index < -0.39 is 0 Å².